The number of hydrogen-bond acceptors (Lipinski definition) is 3. The lowest BCUT2D eigenvalue weighted by Crippen LogP contribution is -2.47. The average molecular weight is 270 g/mol. The molecule has 1 N–H and O–H groups in total. The average Bonchev–Trinajstić information content (AvgIpc) is 2.41. The molecular formula is C14H26N2O3. The molecule has 0 aromatic carbocycles. The normalized spacial score (nSPS) is 16.5. The van der Waals surface area contributed by atoms with Crippen LogP contribution in [0.4, 0.5) is 4.79 Å². The van der Waals surface area contributed by atoms with E-state index in [2.05, 4.69) is 5.32 Å². The van der Waals surface area contributed by atoms with Gasteiger partial charge >= 0.3 is 6.09 Å². The molecule has 0 aliphatic carbocycles. The van der Waals surface area contributed by atoms with Crippen molar-refractivity contribution in [3.63, 3.8) is 0 Å². The van der Waals surface area contributed by atoms with Crippen molar-refractivity contribution in [3.05, 3.63) is 0 Å². The van der Waals surface area contributed by atoms with Crippen LogP contribution in [-0.2, 0) is 9.53 Å². The third-order valence-corrected chi connectivity index (χ3v) is 3.72. The standard InChI is InChI=1S/C14H26N2O3/c1-4-11(5-2)13(17)15-12-7-9-16(10-8-12)14(18)19-6-3/h11-12H,4-10H2,1-3H3,(H,15,17). The number of carbonyl (C=O) groups is 2. The van der Waals surface area contributed by atoms with Gasteiger partial charge < -0.3 is 15.0 Å². The number of likely N-dealkylation sites (tertiary alicyclic amines) is 1. The van der Waals surface area contributed by atoms with E-state index in [0.29, 0.717) is 19.7 Å². The topological polar surface area (TPSA) is 58.6 Å². The third-order valence-electron chi connectivity index (χ3n) is 3.72. The summed E-state index contributed by atoms with van der Waals surface area (Å²) in [5.41, 5.74) is 0. The highest BCUT2D eigenvalue weighted by atomic mass is 16.6. The predicted molar refractivity (Wildman–Crippen MR) is 73.8 cm³/mol. The van der Waals surface area contributed by atoms with Crippen molar-refractivity contribution in [1.82, 2.24) is 10.2 Å². The lowest BCUT2D eigenvalue weighted by Gasteiger charge is -2.32. The summed E-state index contributed by atoms with van der Waals surface area (Å²) in [7, 11) is 0. The number of nitrogens with one attached hydrogen (secondary N) is 1. The SMILES string of the molecule is CCOC(=O)N1CCC(NC(=O)C(CC)CC)CC1. The molecule has 2 amide bonds. The van der Waals surface area contributed by atoms with E-state index >= 15 is 0 Å². The number of piperidine rings is 1. The largest absolute Gasteiger partial charge is 0.450 e. The molecule has 0 aromatic heterocycles. The van der Waals surface area contributed by atoms with Gasteiger partial charge in [-0.15, -0.1) is 0 Å². The Labute approximate surface area is 115 Å². The van der Waals surface area contributed by atoms with Crippen LogP contribution in [0.1, 0.15) is 46.5 Å². The minimum atomic E-state index is -0.243. The second kappa shape index (κ2) is 8.02. The van der Waals surface area contributed by atoms with E-state index in [1.807, 2.05) is 13.8 Å². The van der Waals surface area contributed by atoms with Crippen molar-refractivity contribution < 1.29 is 14.3 Å². The van der Waals surface area contributed by atoms with E-state index in [1.54, 1.807) is 11.8 Å². The van der Waals surface area contributed by atoms with Gasteiger partial charge in [0.05, 0.1) is 6.61 Å². The van der Waals surface area contributed by atoms with Crippen LogP contribution in [-0.4, -0.2) is 42.6 Å². The van der Waals surface area contributed by atoms with Crippen LogP contribution >= 0.6 is 0 Å². The number of amides is 2. The summed E-state index contributed by atoms with van der Waals surface area (Å²) in [5.74, 6) is 0.266. The van der Waals surface area contributed by atoms with Gasteiger partial charge in [0.2, 0.25) is 5.91 Å². The van der Waals surface area contributed by atoms with Gasteiger partial charge in [-0.3, -0.25) is 4.79 Å². The van der Waals surface area contributed by atoms with E-state index in [9.17, 15) is 9.59 Å². The molecule has 19 heavy (non-hydrogen) atoms. The van der Waals surface area contributed by atoms with E-state index in [4.69, 9.17) is 4.74 Å². The summed E-state index contributed by atoms with van der Waals surface area (Å²) >= 11 is 0. The van der Waals surface area contributed by atoms with Crippen LogP contribution in [0.2, 0.25) is 0 Å². The molecule has 0 aromatic rings. The van der Waals surface area contributed by atoms with Gasteiger partial charge in [0, 0.05) is 25.0 Å². The maximum atomic E-state index is 12.0. The zero-order valence-corrected chi connectivity index (χ0v) is 12.3. The minimum Gasteiger partial charge on any atom is -0.450 e. The summed E-state index contributed by atoms with van der Waals surface area (Å²) in [6.45, 7) is 7.61. The van der Waals surface area contributed by atoms with Gasteiger partial charge in [-0.05, 0) is 32.6 Å². The smallest absolute Gasteiger partial charge is 0.409 e. The van der Waals surface area contributed by atoms with E-state index < -0.39 is 0 Å². The molecule has 1 aliphatic rings. The van der Waals surface area contributed by atoms with Crippen LogP contribution < -0.4 is 5.32 Å². The van der Waals surface area contributed by atoms with Crippen molar-refractivity contribution in [2.45, 2.75) is 52.5 Å². The van der Waals surface area contributed by atoms with Crippen LogP contribution in [0, 0.1) is 5.92 Å². The first-order valence-corrected chi connectivity index (χ1v) is 7.34. The molecule has 5 nitrogen and oxygen atoms in total. The Kier molecular flexibility index (Phi) is 6.67. The molecule has 0 bridgehead atoms. The maximum absolute atomic E-state index is 12.0. The molecule has 1 fully saturated rings. The molecule has 1 heterocycles. The molecular weight excluding hydrogens is 244 g/mol. The molecule has 110 valence electrons. The van der Waals surface area contributed by atoms with E-state index in [0.717, 1.165) is 25.7 Å². The Morgan fingerprint density at radius 3 is 2.26 bits per heavy atom. The highest BCUT2D eigenvalue weighted by Gasteiger charge is 2.25. The monoisotopic (exact) mass is 270 g/mol. The minimum absolute atomic E-state index is 0.114. The first kappa shape index (κ1) is 15.8. The number of carbonyl (C=O) groups excluding carboxylic acids is 2. The van der Waals surface area contributed by atoms with Crippen molar-refractivity contribution in [2.75, 3.05) is 19.7 Å². The predicted octanol–water partition coefficient (Wildman–Crippen LogP) is 2.16. The fourth-order valence-electron chi connectivity index (χ4n) is 2.40. The first-order chi connectivity index (χ1) is 9.12. The number of rotatable bonds is 5. The fraction of sp³-hybridized carbons (Fsp3) is 0.857. The summed E-state index contributed by atoms with van der Waals surface area (Å²) in [4.78, 5) is 25.2. The Morgan fingerprint density at radius 2 is 1.79 bits per heavy atom. The highest BCUT2D eigenvalue weighted by molar-refractivity contribution is 5.78. The summed E-state index contributed by atoms with van der Waals surface area (Å²) in [5, 5.41) is 3.09. The summed E-state index contributed by atoms with van der Waals surface area (Å²) in [6, 6.07) is 0.193. The van der Waals surface area contributed by atoms with Gasteiger partial charge in [-0.2, -0.15) is 0 Å². The van der Waals surface area contributed by atoms with Gasteiger partial charge in [0.25, 0.3) is 0 Å². The van der Waals surface area contributed by atoms with Gasteiger partial charge in [0.15, 0.2) is 0 Å². The van der Waals surface area contributed by atoms with Gasteiger partial charge in [-0.25, -0.2) is 4.79 Å². The molecule has 0 spiro atoms. The third kappa shape index (κ3) is 4.73. The van der Waals surface area contributed by atoms with Gasteiger partial charge in [-0.1, -0.05) is 13.8 Å². The Morgan fingerprint density at radius 1 is 1.21 bits per heavy atom. The molecule has 5 heteroatoms. The quantitative estimate of drug-likeness (QED) is 0.833. The molecule has 1 rings (SSSR count). The lowest BCUT2D eigenvalue weighted by atomic mass is 10.00. The number of nitrogens with zero attached hydrogens (tertiary/aromatic N) is 1. The second-order valence-corrected chi connectivity index (χ2v) is 4.98. The van der Waals surface area contributed by atoms with Crippen LogP contribution in [0.15, 0.2) is 0 Å². The van der Waals surface area contributed by atoms with Crippen LogP contribution in [0.25, 0.3) is 0 Å². The van der Waals surface area contributed by atoms with Crippen molar-refractivity contribution in [3.8, 4) is 0 Å². The molecule has 1 saturated heterocycles. The van der Waals surface area contributed by atoms with E-state index in [-0.39, 0.29) is 24.0 Å². The van der Waals surface area contributed by atoms with Crippen molar-refractivity contribution in [1.29, 1.82) is 0 Å². The lowest BCUT2D eigenvalue weighted by molar-refractivity contribution is -0.126. The number of hydrogen-bond donors (Lipinski definition) is 1. The highest BCUT2D eigenvalue weighted by Crippen LogP contribution is 2.14. The fourth-order valence-corrected chi connectivity index (χ4v) is 2.40. The first-order valence-electron chi connectivity index (χ1n) is 7.34. The Hall–Kier alpha value is -1.26. The summed E-state index contributed by atoms with van der Waals surface area (Å²) in [6.07, 6.45) is 3.14. The zero-order valence-electron chi connectivity index (χ0n) is 12.3. The molecule has 0 atom stereocenters. The van der Waals surface area contributed by atoms with Crippen LogP contribution in [0.3, 0.4) is 0 Å². The van der Waals surface area contributed by atoms with Crippen molar-refractivity contribution in [2.24, 2.45) is 5.92 Å². The maximum Gasteiger partial charge on any atom is 0.409 e. The van der Waals surface area contributed by atoms with E-state index in [1.165, 1.54) is 0 Å². The summed E-state index contributed by atoms with van der Waals surface area (Å²) < 4.78 is 4.97. The zero-order chi connectivity index (χ0) is 14.3. The van der Waals surface area contributed by atoms with Gasteiger partial charge in [0.1, 0.15) is 0 Å². The van der Waals surface area contributed by atoms with Crippen LogP contribution in [0.5, 0.6) is 0 Å². The molecule has 1 aliphatic heterocycles. The molecule has 0 radical (unpaired) electrons. The second-order valence-electron chi connectivity index (χ2n) is 4.98. The molecule has 0 saturated carbocycles. The Bertz CT molecular complexity index is 295. The Balaban J connectivity index is 2.34. The number of ether oxygens (including phenoxy) is 1. The molecule has 0 unspecified atom stereocenters. The van der Waals surface area contributed by atoms with Crippen molar-refractivity contribution >= 4 is 12.0 Å².